The zero-order valence-electron chi connectivity index (χ0n) is 10.4. The van der Waals surface area contributed by atoms with E-state index < -0.39 is 5.97 Å². The Morgan fingerprint density at radius 3 is 2.94 bits per heavy atom. The lowest BCUT2D eigenvalue weighted by atomic mass is 10.4. The molecule has 2 N–H and O–H groups in total. The van der Waals surface area contributed by atoms with E-state index in [4.69, 9.17) is 5.11 Å². The number of nitrogens with zero attached hydrogens (tertiary/aromatic N) is 1. The van der Waals surface area contributed by atoms with Crippen LogP contribution in [0.15, 0.2) is 18.3 Å². The summed E-state index contributed by atoms with van der Waals surface area (Å²) >= 11 is 1.84. The molecule has 6 heteroatoms. The zero-order chi connectivity index (χ0) is 13.4. The highest BCUT2D eigenvalue weighted by atomic mass is 32.2. The second-order valence-electron chi connectivity index (χ2n) is 3.73. The molecule has 1 aromatic rings. The van der Waals surface area contributed by atoms with Crippen LogP contribution in [0.25, 0.3) is 0 Å². The van der Waals surface area contributed by atoms with E-state index in [0.29, 0.717) is 6.54 Å². The maximum absolute atomic E-state index is 11.6. The number of amides is 1. The van der Waals surface area contributed by atoms with Crippen molar-refractivity contribution in [3.8, 4) is 0 Å². The summed E-state index contributed by atoms with van der Waals surface area (Å²) in [5, 5.41) is 11.7. The lowest BCUT2D eigenvalue weighted by Gasteiger charge is -2.07. The molecule has 0 saturated carbocycles. The molecule has 0 atom stereocenters. The van der Waals surface area contributed by atoms with Crippen LogP contribution < -0.4 is 5.32 Å². The molecule has 0 unspecified atom stereocenters. The third-order valence-corrected chi connectivity index (χ3v) is 3.34. The van der Waals surface area contributed by atoms with Crippen molar-refractivity contribution in [3.63, 3.8) is 0 Å². The Morgan fingerprint density at radius 2 is 2.28 bits per heavy atom. The second kappa shape index (κ2) is 7.81. The van der Waals surface area contributed by atoms with Crippen molar-refractivity contribution >= 4 is 23.6 Å². The molecule has 1 amide bonds. The fourth-order valence-electron chi connectivity index (χ4n) is 1.50. The lowest BCUT2D eigenvalue weighted by Crippen LogP contribution is -2.29. The highest BCUT2D eigenvalue weighted by molar-refractivity contribution is 7.99. The molecule has 0 bridgehead atoms. The summed E-state index contributed by atoms with van der Waals surface area (Å²) in [5.41, 5.74) is 0.131. The van der Waals surface area contributed by atoms with Gasteiger partial charge in [-0.3, -0.25) is 4.79 Å². The molecule has 0 aliphatic heterocycles. The van der Waals surface area contributed by atoms with Crippen LogP contribution in [-0.2, 0) is 11.3 Å². The number of aromatic nitrogens is 1. The van der Waals surface area contributed by atoms with Gasteiger partial charge in [-0.05, 0) is 30.1 Å². The summed E-state index contributed by atoms with van der Waals surface area (Å²) in [4.78, 5) is 22.4. The van der Waals surface area contributed by atoms with Gasteiger partial charge in [0, 0.05) is 12.7 Å². The summed E-state index contributed by atoms with van der Waals surface area (Å²) in [5.74, 6) is 0.933. The highest BCUT2D eigenvalue weighted by Gasteiger charge is 2.10. The van der Waals surface area contributed by atoms with Crippen LogP contribution >= 0.6 is 11.8 Å². The number of thioether (sulfide) groups is 1. The molecule has 100 valence electrons. The van der Waals surface area contributed by atoms with Gasteiger partial charge in [-0.1, -0.05) is 6.92 Å². The van der Waals surface area contributed by atoms with Gasteiger partial charge in [-0.15, -0.1) is 0 Å². The fourth-order valence-corrected chi connectivity index (χ4v) is 2.14. The Hall–Kier alpha value is -1.43. The topological polar surface area (TPSA) is 71.3 Å². The average Bonchev–Trinajstić information content (AvgIpc) is 2.77. The molecule has 5 nitrogen and oxygen atoms in total. The minimum Gasteiger partial charge on any atom is -0.477 e. The van der Waals surface area contributed by atoms with Crippen molar-refractivity contribution in [2.24, 2.45) is 0 Å². The normalized spacial score (nSPS) is 10.3. The molecular formula is C12H18N2O3S. The van der Waals surface area contributed by atoms with Crippen LogP contribution in [0.4, 0.5) is 0 Å². The van der Waals surface area contributed by atoms with Crippen molar-refractivity contribution in [1.29, 1.82) is 0 Å². The second-order valence-corrected chi connectivity index (χ2v) is 5.12. The molecule has 0 radical (unpaired) electrons. The van der Waals surface area contributed by atoms with Crippen LogP contribution in [0.3, 0.4) is 0 Å². The molecule has 1 aromatic heterocycles. The molecule has 0 aliphatic rings. The zero-order valence-corrected chi connectivity index (χ0v) is 11.2. The van der Waals surface area contributed by atoms with Crippen LogP contribution in [0, 0.1) is 0 Å². The summed E-state index contributed by atoms with van der Waals surface area (Å²) in [6, 6.07) is 3.10. The third kappa shape index (κ3) is 4.83. The molecule has 1 rings (SSSR count). The van der Waals surface area contributed by atoms with Crippen molar-refractivity contribution in [3.05, 3.63) is 24.0 Å². The van der Waals surface area contributed by atoms with Gasteiger partial charge >= 0.3 is 5.97 Å². The van der Waals surface area contributed by atoms with Gasteiger partial charge in [0.25, 0.3) is 0 Å². The van der Waals surface area contributed by atoms with E-state index in [1.165, 1.54) is 10.6 Å². The van der Waals surface area contributed by atoms with Gasteiger partial charge in [0.1, 0.15) is 12.2 Å². The first-order valence-corrected chi connectivity index (χ1v) is 7.03. The summed E-state index contributed by atoms with van der Waals surface area (Å²) in [7, 11) is 0. The minimum absolute atomic E-state index is 0.0511. The van der Waals surface area contributed by atoms with Crippen LogP contribution in [0.5, 0.6) is 0 Å². The molecule has 18 heavy (non-hydrogen) atoms. The Kier molecular flexibility index (Phi) is 6.35. The number of nitrogens with one attached hydrogen (secondary N) is 1. The van der Waals surface area contributed by atoms with Gasteiger partial charge in [0.15, 0.2) is 0 Å². The molecule has 0 saturated heterocycles. The number of carboxylic acids is 1. The first kappa shape index (κ1) is 14.6. The van der Waals surface area contributed by atoms with E-state index in [1.54, 1.807) is 12.3 Å². The van der Waals surface area contributed by atoms with E-state index in [1.807, 2.05) is 11.8 Å². The molecule has 1 heterocycles. The number of carboxylic acid groups (broad SMARTS) is 1. The Morgan fingerprint density at radius 1 is 1.50 bits per heavy atom. The van der Waals surface area contributed by atoms with Gasteiger partial charge in [0.2, 0.25) is 5.91 Å². The summed E-state index contributed by atoms with van der Waals surface area (Å²) in [6.45, 7) is 2.79. The Bertz CT molecular complexity index is 404. The van der Waals surface area contributed by atoms with Crippen LogP contribution in [0.2, 0.25) is 0 Å². The number of carbonyl (C=O) groups is 2. The Balaban J connectivity index is 2.31. The van der Waals surface area contributed by atoms with Gasteiger partial charge in [-0.25, -0.2) is 4.79 Å². The van der Waals surface area contributed by atoms with E-state index in [-0.39, 0.29) is 18.1 Å². The maximum atomic E-state index is 11.6. The maximum Gasteiger partial charge on any atom is 0.352 e. The van der Waals surface area contributed by atoms with E-state index >= 15 is 0 Å². The highest BCUT2D eigenvalue weighted by Crippen LogP contribution is 2.02. The minimum atomic E-state index is -1.02. The average molecular weight is 270 g/mol. The predicted molar refractivity (Wildman–Crippen MR) is 72.0 cm³/mol. The first-order valence-electron chi connectivity index (χ1n) is 5.88. The van der Waals surface area contributed by atoms with Crippen LogP contribution in [-0.4, -0.2) is 39.6 Å². The molecule has 0 aromatic carbocycles. The van der Waals surface area contributed by atoms with Crippen molar-refractivity contribution in [1.82, 2.24) is 9.88 Å². The fraction of sp³-hybridized carbons (Fsp3) is 0.500. The molecular weight excluding hydrogens is 252 g/mol. The van der Waals surface area contributed by atoms with E-state index in [9.17, 15) is 9.59 Å². The smallest absolute Gasteiger partial charge is 0.352 e. The number of carbonyl (C=O) groups excluding carboxylic acids is 1. The van der Waals surface area contributed by atoms with Crippen molar-refractivity contribution in [2.45, 2.75) is 19.9 Å². The standard InChI is InChI=1S/C12H18N2O3S/c1-2-18-8-4-6-13-11(15)9-14-7-3-5-10(14)12(16)17/h3,5,7H,2,4,6,8-9H2,1H3,(H,13,15)(H,16,17). The van der Waals surface area contributed by atoms with Gasteiger partial charge in [-0.2, -0.15) is 11.8 Å². The third-order valence-electron chi connectivity index (χ3n) is 2.35. The quantitative estimate of drug-likeness (QED) is 0.701. The summed E-state index contributed by atoms with van der Waals surface area (Å²) in [6.07, 6.45) is 2.53. The number of aromatic carboxylic acids is 1. The monoisotopic (exact) mass is 270 g/mol. The van der Waals surface area contributed by atoms with Crippen molar-refractivity contribution in [2.75, 3.05) is 18.1 Å². The van der Waals surface area contributed by atoms with Crippen molar-refractivity contribution < 1.29 is 14.7 Å². The Labute approximate surface area is 111 Å². The number of rotatable bonds is 8. The predicted octanol–water partition coefficient (Wildman–Crippen LogP) is 1.45. The van der Waals surface area contributed by atoms with E-state index in [2.05, 4.69) is 12.2 Å². The number of hydrogen-bond acceptors (Lipinski definition) is 3. The molecule has 0 spiro atoms. The van der Waals surface area contributed by atoms with Gasteiger partial charge in [0.05, 0.1) is 0 Å². The molecule has 0 aliphatic carbocycles. The first-order chi connectivity index (χ1) is 8.65. The molecule has 0 fully saturated rings. The lowest BCUT2D eigenvalue weighted by molar-refractivity contribution is -0.121. The van der Waals surface area contributed by atoms with E-state index in [0.717, 1.165) is 17.9 Å². The van der Waals surface area contributed by atoms with Crippen LogP contribution in [0.1, 0.15) is 23.8 Å². The largest absolute Gasteiger partial charge is 0.477 e. The number of hydrogen-bond donors (Lipinski definition) is 2. The van der Waals surface area contributed by atoms with Gasteiger partial charge < -0.3 is 15.0 Å². The SMILES string of the molecule is CCSCCCNC(=O)Cn1cccc1C(=O)O. The summed E-state index contributed by atoms with van der Waals surface area (Å²) < 4.78 is 1.43.